The quantitative estimate of drug-likeness (QED) is 0.542. The number of esters is 1. The Hall–Kier alpha value is -2.38. The number of carbonyl (C=O) groups is 1. The van der Waals surface area contributed by atoms with Gasteiger partial charge in [-0.2, -0.15) is 0 Å². The maximum Gasteiger partial charge on any atom is 0.338 e. The molecule has 1 aliphatic heterocycles. The summed E-state index contributed by atoms with van der Waals surface area (Å²) in [5, 5.41) is 0.947. The molecule has 8 heteroatoms. The van der Waals surface area contributed by atoms with Gasteiger partial charge in [0.05, 0.1) is 30.1 Å². The molecule has 1 aliphatic rings. The van der Waals surface area contributed by atoms with Crippen LogP contribution >= 0.6 is 23.2 Å². The zero-order valence-electron chi connectivity index (χ0n) is 15.3. The summed E-state index contributed by atoms with van der Waals surface area (Å²) in [6, 6.07) is 14.0. The van der Waals surface area contributed by atoms with Gasteiger partial charge in [-0.05, 0) is 24.3 Å². The summed E-state index contributed by atoms with van der Waals surface area (Å²) in [7, 11) is 0. The molecule has 29 heavy (non-hydrogen) atoms. The summed E-state index contributed by atoms with van der Waals surface area (Å²) < 4.78 is 19.6. The van der Waals surface area contributed by atoms with Crippen LogP contribution in [0.15, 0.2) is 67.3 Å². The van der Waals surface area contributed by atoms with Crippen molar-refractivity contribution in [1.82, 2.24) is 9.55 Å². The first-order valence-electron chi connectivity index (χ1n) is 9.01. The maximum absolute atomic E-state index is 12.2. The molecule has 2 atom stereocenters. The van der Waals surface area contributed by atoms with Gasteiger partial charge in [0.2, 0.25) is 5.79 Å². The highest BCUT2D eigenvalue weighted by atomic mass is 35.5. The predicted octanol–water partition coefficient (Wildman–Crippen LogP) is 4.32. The molecular weight excluding hydrogens is 415 g/mol. The molecule has 0 radical (unpaired) electrons. The Morgan fingerprint density at radius 1 is 1.24 bits per heavy atom. The van der Waals surface area contributed by atoms with E-state index in [0.29, 0.717) is 27.7 Å². The van der Waals surface area contributed by atoms with E-state index in [2.05, 4.69) is 4.98 Å². The number of hydrogen-bond donors (Lipinski definition) is 0. The number of imidazole rings is 1. The van der Waals surface area contributed by atoms with E-state index in [4.69, 9.17) is 37.4 Å². The summed E-state index contributed by atoms with van der Waals surface area (Å²) in [5.74, 6) is -1.56. The molecule has 150 valence electrons. The summed E-state index contributed by atoms with van der Waals surface area (Å²) >= 11 is 12.5. The lowest BCUT2D eigenvalue weighted by molar-refractivity contribution is -0.190. The fourth-order valence-corrected chi connectivity index (χ4v) is 3.75. The van der Waals surface area contributed by atoms with Crippen molar-refractivity contribution in [3.8, 4) is 0 Å². The number of carbonyl (C=O) groups excluding carboxylic acids is 1. The summed E-state index contributed by atoms with van der Waals surface area (Å²) in [5.41, 5.74) is 1.13. The topological polar surface area (TPSA) is 62.6 Å². The first kappa shape index (κ1) is 19.9. The van der Waals surface area contributed by atoms with Crippen LogP contribution < -0.4 is 0 Å². The van der Waals surface area contributed by atoms with E-state index >= 15 is 0 Å². The molecule has 0 N–H and O–H groups in total. The van der Waals surface area contributed by atoms with Crippen LogP contribution in [0.3, 0.4) is 0 Å². The second-order valence-corrected chi connectivity index (χ2v) is 7.47. The molecule has 0 unspecified atom stereocenters. The van der Waals surface area contributed by atoms with Gasteiger partial charge in [0.1, 0.15) is 12.7 Å². The largest absolute Gasteiger partial charge is 0.459 e. The van der Waals surface area contributed by atoms with Crippen LogP contribution in [0, 0.1) is 0 Å². The van der Waals surface area contributed by atoms with Gasteiger partial charge in [-0.1, -0.05) is 47.5 Å². The molecule has 6 nitrogen and oxygen atoms in total. The van der Waals surface area contributed by atoms with Gasteiger partial charge >= 0.3 is 5.97 Å². The van der Waals surface area contributed by atoms with Gasteiger partial charge in [0, 0.05) is 23.0 Å². The number of ether oxygens (including phenoxy) is 3. The highest BCUT2D eigenvalue weighted by Crippen LogP contribution is 2.40. The number of aromatic nitrogens is 2. The highest BCUT2D eigenvalue weighted by Gasteiger charge is 2.45. The fraction of sp³-hybridized carbons (Fsp3) is 0.238. The van der Waals surface area contributed by atoms with E-state index in [1.807, 2.05) is 10.6 Å². The third kappa shape index (κ3) is 4.46. The molecule has 3 aromatic rings. The lowest BCUT2D eigenvalue weighted by Crippen LogP contribution is -2.34. The molecule has 1 saturated heterocycles. The minimum atomic E-state index is -1.15. The van der Waals surface area contributed by atoms with Gasteiger partial charge in [-0.3, -0.25) is 0 Å². The van der Waals surface area contributed by atoms with E-state index in [9.17, 15) is 4.79 Å². The van der Waals surface area contributed by atoms with Crippen molar-refractivity contribution in [2.24, 2.45) is 0 Å². The molecule has 1 aromatic heterocycles. The standard InChI is InChI=1S/C21H18Cl2N2O4/c22-16-6-7-18(19(23)10-16)21(13-25-9-8-24-14-25)28-12-17(29-21)11-27-20(26)15-4-2-1-3-5-15/h1-10,14,17H,11-13H2/t17-,21+/m0/s1. The summed E-state index contributed by atoms with van der Waals surface area (Å²) in [4.78, 5) is 16.3. The number of hydrogen-bond acceptors (Lipinski definition) is 5. The van der Waals surface area contributed by atoms with Crippen molar-refractivity contribution < 1.29 is 19.0 Å². The summed E-state index contributed by atoms with van der Waals surface area (Å²) in [6.07, 6.45) is 4.70. The Labute approximate surface area is 177 Å². The molecule has 0 spiro atoms. The van der Waals surface area contributed by atoms with Gasteiger partial charge in [-0.25, -0.2) is 9.78 Å². The van der Waals surface area contributed by atoms with Crippen LogP contribution in [0.1, 0.15) is 15.9 Å². The minimum absolute atomic E-state index is 0.0601. The number of benzene rings is 2. The third-order valence-corrected chi connectivity index (χ3v) is 5.11. The first-order valence-corrected chi connectivity index (χ1v) is 9.76. The van der Waals surface area contributed by atoms with Crippen LogP contribution in [-0.2, 0) is 26.5 Å². The molecule has 2 heterocycles. The van der Waals surface area contributed by atoms with Crippen molar-refractivity contribution in [3.63, 3.8) is 0 Å². The van der Waals surface area contributed by atoms with Crippen molar-refractivity contribution in [2.75, 3.05) is 13.2 Å². The van der Waals surface area contributed by atoms with Crippen LogP contribution in [0.4, 0.5) is 0 Å². The Bertz CT molecular complexity index is 982. The van der Waals surface area contributed by atoms with Crippen molar-refractivity contribution in [3.05, 3.63) is 88.4 Å². The lowest BCUT2D eigenvalue weighted by atomic mass is 10.1. The van der Waals surface area contributed by atoms with Gasteiger partial charge < -0.3 is 18.8 Å². The van der Waals surface area contributed by atoms with E-state index in [-0.39, 0.29) is 13.2 Å². The number of halogens is 2. The lowest BCUT2D eigenvalue weighted by Gasteiger charge is -2.29. The van der Waals surface area contributed by atoms with Gasteiger partial charge in [0.25, 0.3) is 0 Å². The monoisotopic (exact) mass is 432 g/mol. The predicted molar refractivity (Wildman–Crippen MR) is 108 cm³/mol. The molecule has 0 bridgehead atoms. The second kappa shape index (κ2) is 8.55. The van der Waals surface area contributed by atoms with Crippen molar-refractivity contribution in [1.29, 1.82) is 0 Å². The molecular formula is C21H18Cl2N2O4. The molecule has 0 aliphatic carbocycles. The zero-order valence-corrected chi connectivity index (χ0v) is 16.8. The van der Waals surface area contributed by atoms with Crippen molar-refractivity contribution >= 4 is 29.2 Å². The Morgan fingerprint density at radius 3 is 2.79 bits per heavy atom. The van der Waals surface area contributed by atoms with E-state index in [1.165, 1.54) is 0 Å². The minimum Gasteiger partial charge on any atom is -0.459 e. The van der Waals surface area contributed by atoms with Crippen LogP contribution in [-0.4, -0.2) is 34.8 Å². The maximum atomic E-state index is 12.2. The zero-order chi connectivity index (χ0) is 20.3. The fourth-order valence-electron chi connectivity index (χ4n) is 3.20. The Balaban J connectivity index is 1.51. The molecule has 0 saturated carbocycles. The Kier molecular flexibility index (Phi) is 5.87. The molecule has 2 aromatic carbocycles. The Morgan fingerprint density at radius 2 is 2.07 bits per heavy atom. The molecule has 0 amide bonds. The van der Waals surface area contributed by atoms with E-state index in [1.54, 1.807) is 61.2 Å². The average molecular weight is 433 g/mol. The highest BCUT2D eigenvalue weighted by molar-refractivity contribution is 6.35. The summed E-state index contributed by atoms with van der Waals surface area (Å²) in [6.45, 7) is 0.637. The third-order valence-electron chi connectivity index (χ3n) is 4.56. The molecule has 1 fully saturated rings. The first-order chi connectivity index (χ1) is 14.1. The van der Waals surface area contributed by atoms with Gasteiger partial charge in [-0.15, -0.1) is 0 Å². The average Bonchev–Trinajstić information content (AvgIpc) is 3.37. The molecule has 4 rings (SSSR count). The van der Waals surface area contributed by atoms with Gasteiger partial charge in [0.15, 0.2) is 0 Å². The smallest absolute Gasteiger partial charge is 0.338 e. The van der Waals surface area contributed by atoms with Crippen LogP contribution in [0.2, 0.25) is 10.0 Å². The van der Waals surface area contributed by atoms with Crippen molar-refractivity contribution in [2.45, 2.75) is 18.4 Å². The van der Waals surface area contributed by atoms with Crippen LogP contribution in [0.25, 0.3) is 0 Å². The second-order valence-electron chi connectivity index (χ2n) is 6.63. The van der Waals surface area contributed by atoms with Crippen LogP contribution in [0.5, 0.6) is 0 Å². The number of rotatable bonds is 6. The number of nitrogens with zero attached hydrogens (tertiary/aromatic N) is 2. The van der Waals surface area contributed by atoms with E-state index < -0.39 is 17.9 Å². The SMILES string of the molecule is O=C(OC[C@H]1CO[C@@](Cn2ccnc2)(c2ccc(Cl)cc2Cl)O1)c1ccccc1. The normalized spacial score (nSPS) is 21.2. The van der Waals surface area contributed by atoms with E-state index in [0.717, 1.165) is 0 Å².